The number of rotatable bonds is 8. The van der Waals surface area contributed by atoms with Gasteiger partial charge in [-0.1, -0.05) is 68.1 Å². The molecule has 2 aromatic carbocycles. The number of thioether (sulfide) groups is 1. The number of nitrogens with one attached hydrogen (secondary N) is 1. The Hall–Kier alpha value is -3.32. The van der Waals surface area contributed by atoms with Crippen molar-refractivity contribution in [2.45, 2.75) is 31.6 Å². The van der Waals surface area contributed by atoms with Crippen molar-refractivity contribution in [3.8, 4) is 0 Å². The molecule has 4 rings (SSSR count). The molecule has 164 valence electrons. The first kappa shape index (κ1) is 21.9. The monoisotopic (exact) mass is 447 g/mol. The van der Waals surface area contributed by atoms with Gasteiger partial charge in [0.1, 0.15) is 5.76 Å². The Balaban J connectivity index is 1.56. The van der Waals surface area contributed by atoms with E-state index in [0.717, 1.165) is 5.56 Å². The highest BCUT2D eigenvalue weighted by Gasteiger charge is 2.19. The summed E-state index contributed by atoms with van der Waals surface area (Å²) in [7, 11) is 0. The number of benzene rings is 2. The van der Waals surface area contributed by atoms with Crippen molar-refractivity contribution in [2.75, 3.05) is 5.75 Å². The molecular weight excluding hydrogens is 422 g/mol. The van der Waals surface area contributed by atoms with E-state index in [1.54, 1.807) is 23.0 Å². The van der Waals surface area contributed by atoms with Crippen LogP contribution in [0.25, 0.3) is 10.9 Å². The number of furan rings is 1. The highest BCUT2D eigenvalue weighted by Crippen LogP contribution is 2.23. The fourth-order valence-corrected chi connectivity index (χ4v) is 4.41. The molecule has 7 heteroatoms. The van der Waals surface area contributed by atoms with Crippen LogP contribution < -0.4 is 10.9 Å². The topological polar surface area (TPSA) is 77.1 Å². The summed E-state index contributed by atoms with van der Waals surface area (Å²) in [4.78, 5) is 30.6. The fourth-order valence-electron chi connectivity index (χ4n) is 3.60. The molecule has 1 atom stereocenters. The number of aromatic nitrogens is 2. The lowest BCUT2D eigenvalue weighted by Crippen LogP contribution is -2.33. The van der Waals surface area contributed by atoms with Gasteiger partial charge in [-0.25, -0.2) is 4.98 Å². The van der Waals surface area contributed by atoms with Gasteiger partial charge in [0, 0.05) is 0 Å². The Morgan fingerprint density at radius 3 is 2.53 bits per heavy atom. The number of fused-ring (bicyclic) bond motifs is 1. The van der Waals surface area contributed by atoms with E-state index in [9.17, 15) is 9.59 Å². The lowest BCUT2D eigenvalue weighted by atomic mass is 9.96. The number of carbonyl (C=O) groups is 1. The Bertz CT molecular complexity index is 1250. The standard InChI is InChI=1S/C25H25N3O3S/c1-17(2)23(18-9-4-3-5-10-18)27-22(29)16-32-25-26-21-13-7-6-12-20(21)24(30)28(25)15-19-11-8-14-31-19/h3-14,17,23H,15-16H2,1-2H3,(H,27,29). The van der Waals surface area contributed by atoms with Gasteiger partial charge >= 0.3 is 0 Å². The SMILES string of the molecule is CC(C)C(NC(=O)CSc1nc2ccccc2c(=O)n1Cc1ccco1)c1ccccc1. The maximum Gasteiger partial charge on any atom is 0.262 e. The van der Waals surface area contributed by atoms with Gasteiger partial charge in [-0.15, -0.1) is 0 Å². The van der Waals surface area contributed by atoms with Crippen LogP contribution in [-0.2, 0) is 11.3 Å². The molecule has 0 radical (unpaired) electrons. The van der Waals surface area contributed by atoms with E-state index in [1.807, 2.05) is 54.6 Å². The first-order valence-electron chi connectivity index (χ1n) is 10.5. The van der Waals surface area contributed by atoms with Gasteiger partial charge in [0.25, 0.3) is 5.56 Å². The van der Waals surface area contributed by atoms with Gasteiger partial charge in [0.15, 0.2) is 5.16 Å². The van der Waals surface area contributed by atoms with Crippen LogP contribution in [0, 0.1) is 5.92 Å². The van der Waals surface area contributed by atoms with Crippen molar-refractivity contribution in [1.82, 2.24) is 14.9 Å². The smallest absolute Gasteiger partial charge is 0.262 e. The Kier molecular flexibility index (Phi) is 6.75. The van der Waals surface area contributed by atoms with E-state index in [4.69, 9.17) is 4.42 Å². The van der Waals surface area contributed by atoms with E-state index in [1.165, 1.54) is 11.8 Å². The zero-order valence-electron chi connectivity index (χ0n) is 18.0. The fraction of sp³-hybridized carbons (Fsp3) is 0.240. The van der Waals surface area contributed by atoms with Gasteiger partial charge in [0.2, 0.25) is 5.91 Å². The molecule has 1 N–H and O–H groups in total. The van der Waals surface area contributed by atoms with Crippen LogP contribution >= 0.6 is 11.8 Å². The molecule has 2 aromatic heterocycles. The number of nitrogens with zero attached hydrogens (tertiary/aromatic N) is 2. The molecule has 32 heavy (non-hydrogen) atoms. The third-order valence-electron chi connectivity index (χ3n) is 5.19. The molecule has 0 aliphatic carbocycles. The molecule has 0 fully saturated rings. The Labute approximate surface area is 190 Å². The molecule has 2 heterocycles. The van der Waals surface area contributed by atoms with Gasteiger partial charge in [0.05, 0.1) is 35.5 Å². The van der Waals surface area contributed by atoms with E-state index in [0.29, 0.717) is 21.8 Å². The minimum absolute atomic E-state index is 0.0841. The summed E-state index contributed by atoms with van der Waals surface area (Å²) in [5.74, 6) is 0.935. The number of carbonyl (C=O) groups excluding carboxylic acids is 1. The second-order valence-corrected chi connectivity index (χ2v) is 8.81. The highest BCUT2D eigenvalue weighted by molar-refractivity contribution is 7.99. The van der Waals surface area contributed by atoms with Crippen molar-refractivity contribution >= 4 is 28.6 Å². The zero-order valence-corrected chi connectivity index (χ0v) is 18.8. The Morgan fingerprint density at radius 1 is 1.06 bits per heavy atom. The summed E-state index contributed by atoms with van der Waals surface area (Å²) < 4.78 is 7.00. The van der Waals surface area contributed by atoms with Gasteiger partial charge < -0.3 is 9.73 Å². The molecule has 0 spiro atoms. The lowest BCUT2D eigenvalue weighted by molar-refractivity contribution is -0.119. The maximum absolute atomic E-state index is 13.1. The Morgan fingerprint density at radius 2 is 1.81 bits per heavy atom. The van der Waals surface area contributed by atoms with Crippen LogP contribution in [0.4, 0.5) is 0 Å². The second kappa shape index (κ2) is 9.87. The molecule has 0 aliphatic rings. The van der Waals surface area contributed by atoms with E-state index in [2.05, 4.69) is 24.1 Å². The third-order valence-corrected chi connectivity index (χ3v) is 6.17. The molecule has 1 unspecified atom stereocenters. The number of hydrogen-bond donors (Lipinski definition) is 1. The van der Waals surface area contributed by atoms with Crippen molar-refractivity contribution in [3.63, 3.8) is 0 Å². The molecule has 0 saturated carbocycles. The number of hydrogen-bond acceptors (Lipinski definition) is 5. The average molecular weight is 448 g/mol. The van der Waals surface area contributed by atoms with Crippen LogP contribution in [0.1, 0.15) is 31.2 Å². The minimum atomic E-state index is -0.153. The first-order valence-corrected chi connectivity index (χ1v) is 11.5. The molecular formula is C25H25N3O3S. The van der Waals surface area contributed by atoms with Crippen LogP contribution in [0.5, 0.6) is 0 Å². The van der Waals surface area contributed by atoms with Crippen molar-refractivity contribution in [1.29, 1.82) is 0 Å². The van der Waals surface area contributed by atoms with E-state index in [-0.39, 0.29) is 35.7 Å². The predicted octanol–water partition coefficient (Wildman–Crippen LogP) is 4.64. The molecule has 0 aliphatic heterocycles. The van der Waals surface area contributed by atoms with Gasteiger partial charge in [-0.05, 0) is 35.7 Å². The quantitative estimate of drug-likeness (QED) is 0.314. The molecule has 4 aromatic rings. The van der Waals surface area contributed by atoms with Crippen LogP contribution in [0.3, 0.4) is 0 Å². The van der Waals surface area contributed by atoms with Crippen molar-refractivity contribution < 1.29 is 9.21 Å². The summed E-state index contributed by atoms with van der Waals surface area (Å²) >= 11 is 1.25. The maximum atomic E-state index is 13.1. The highest BCUT2D eigenvalue weighted by atomic mass is 32.2. The van der Waals surface area contributed by atoms with Crippen LogP contribution in [-0.4, -0.2) is 21.2 Å². The largest absolute Gasteiger partial charge is 0.467 e. The van der Waals surface area contributed by atoms with E-state index < -0.39 is 0 Å². The number of amides is 1. The summed E-state index contributed by atoms with van der Waals surface area (Å²) in [6, 6.07) is 20.7. The summed E-state index contributed by atoms with van der Waals surface area (Å²) in [5.41, 5.74) is 1.53. The average Bonchev–Trinajstić information content (AvgIpc) is 3.32. The minimum Gasteiger partial charge on any atom is -0.467 e. The molecule has 0 saturated heterocycles. The predicted molar refractivity (Wildman–Crippen MR) is 127 cm³/mol. The van der Waals surface area contributed by atoms with Crippen LogP contribution in [0.15, 0.2) is 87.4 Å². The third kappa shape index (κ3) is 4.94. The number of para-hydroxylation sites is 1. The van der Waals surface area contributed by atoms with E-state index >= 15 is 0 Å². The van der Waals surface area contributed by atoms with Gasteiger partial charge in [-0.2, -0.15) is 0 Å². The second-order valence-electron chi connectivity index (χ2n) is 7.87. The van der Waals surface area contributed by atoms with Crippen molar-refractivity contribution in [3.05, 3.63) is 94.7 Å². The van der Waals surface area contributed by atoms with Crippen molar-refractivity contribution in [2.24, 2.45) is 5.92 Å². The van der Waals surface area contributed by atoms with Gasteiger partial charge in [-0.3, -0.25) is 14.2 Å². The summed E-state index contributed by atoms with van der Waals surface area (Å²) in [5, 5.41) is 4.15. The summed E-state index contributed by atoms with van der Waals surface area (Å²) in [6.45, 7) is 4.42. The first-order chi connectivity index (χ1) is 15.5. The molecule has 1 amide bonds. The zero-order chi connectivity index (χ0) is 22.5. The lowest BCUT2D eigenvalue weighted by Gasteiger charge is -2.23. The molecule has 6 nitrogen and oxygen atoms in total. The van der Waals surface area contributed by atoms with Crippen LogP contribution in [0.2, 0.25) is 0 Å². The molecule has 0 bridgehead atoms. The normalized spacial score (nSPS) is 12.2. The summed E-state index contributed by atoms with van der Waals surface area (Å²) in [6.07, 6.45) is 1.57.